The van der Waals surface area contributed by atoms with Gasteiger partial charge in [-0.25, -0.2) is 0 Å². The van der Waals surface area contributed by atoms with Crippen molar-refractivity contribution in [3.05, 3.63) is 35.9 Å². The van der Waals surface area contributed by atoms with Crippen LogP contribution in [0.4, 0.5) is 0 Å². The Bertz CT molecular complexity index is 388. The summed E-state index contributed by atoms with van der Waals surface area (Å²) in [4.78, 5) is 2.45. The zero-order chi connectivity index (χ0) is 14.4. The zero-order valence-corrected chi connectivity index (χ0v) is 13.0. The molecule has 1 aliphatic heterocycles. The lowest BCUT2D eigenvalue weighted by Gasteiger charge is -2.31. The minimum Gasteiger partial charge on any atom is -0.384 e. The van der Waals surface area contributed by atoms with Gasteiger partial charge >= 0.3 is 0 Å². The van der Waals surface area contributed by atoms with E-state index in [-0.39, 0.29) is 0 Å². The van der Waals surface area contributed by atoms with Crippen LogP contribution in [0.15, 0.2) is 30.3 Å². The Morgan fingerprint density at radius 3 is 2.65 bits per heavy atom. The Morgan fingerprint density at radius 1 is 1.20 bits per heavy atom. The van der Waals surface area contributed by atoms with Gasteiger partial charge in [0.15, 0.2) is 0 Å². The molecule has 1 saturated heterocycles. The summed E-state index contributed by atoms with van der Waals surface area (Å²) >= 11 is 0. The SMILES string of the molecule is CCCC1CCCN(CC(C)(O)c2ccccc2)CC1. The average Bonchev–Trinajstić information content (AvgIpc) is 2.66. The van der Waals surface area contributed by atoms with E-state index < -0.39 is 5.60 Å². The van der Waals surface area contributed by atoms with Crippen molar-refractivity contribution in [2.24, 2.45) is 5.92 Å². The Balaban J connectivity index is 1.92. The Hall–Kier alpha value is -0.860. The highest BCUT2D eigenvalue weighted by molar-refractivity contribution is 5.21. The third-order valence-corrected chi connectivity index (χ3v) is 4.56. The van der Waals surface area contributed by atoms with Crippen molar-refractivity contribution >= 4 is 0 Å². The highest BCUT2D eigenvalue weighted by Gasteiger charge is 2.27. The molecule has 0 aliphatic carbocycles. The van der Waals surface area contributed by atoms with Crippen LogP contribution in [-0.2, 0) is 5.60 Å². The topological polar surface area (TPSA) is 23.5 Å². The largest absolute Gasteiger partial charge is 0.384 e. The number of benzene rings is 1. The van der Waals surface area contributed by atoms with E-state index in [0.29, 0.717) is 0 Å². The third-order valence-electron chi connectivity index (χ3n) is 4.56. The first kappa shape index (κ1) is 15.5. The van der Waals surface area contributed by atoms with Crippen molar-refractivity contribution in [2.75, 3.05) is 19.6 Å². The lowest BCUT2D eigenvalue weighted by atomic mass is 9.95. The second kappa shape index (κ2) is 7.24. The van der Waals surface area contributed by atoms with Gasteiger partial charge in [0.2, 0.25) is 0 Å². The Labute approximate surface area is 123 Å². The van der Waals surface area contributed by atoms with E-state index in [1.807, 2.05) is 37.3 Å². The first-order chi connectivity index (χ1) is 9.62. The normalized spacial score (nSPS) is 24.1. The van der Waals surface area contributed by atoms with Gasteiger partial charge in [-0.2, -0.15) is 0 Å². The number of hydrogen-bond acceptors (Lipinski definition) is 2. The highest BCUT2D eigenvalue weighted by atomic mass is 16.3. The van der Waals surface area contributed by atoms with Crippen molar-refractivity contribution in [2.45, 2.75) is 51.6 Å². The van der Waals surface area contributed by atoms with Crippen LogP contribution in [0.3, 0.4) is 0 Å². The molecule has 0 aromatic heterocycles. The summed E-state index contributed by atoms with van der Waals surface area (Å²) in [6.45, 7) is 7.23. The fourth-order valence-corrected chi connectivity index (χ4v) is 3.40. The number of β-amino-alcohol motifs (C(OH)–C–C–N with tert-alkyl or cyclic N) is 1. The van der Waals surface area contributed by atoms with Crippen LogP contribution in [0.5, 0.6) is 0 Å². The first-order valence-electron chi connectivity index (χ1n) is 8.12. The smallest absolute Gasteiger partial charge is 0.0994 e. The van der Waals surface area contributed by atoms with Gasteiger partial charge in [-0.1, -0.05) is 50.1 Å². The van der Waals surface area contributed by atoms with E-state index in [2.05, 4.69) is 11.8 Å². The van der Waals surface area contributed by atoms with Gasteiger partial charge in [0, 0.05) is 6.54 Å². The quantitative estimate of drug-likeness (QED) is 0.883. The van der Waals surface area contributed by atoms with E-state index in [0.717, 1.165) is 31.1 Å². The van der Waals surface area contributed by atoms with Crippen LogP contribution in [-0.4, -0.2) is 29.6 Å². The van der Waals surface area contributed by atoms with Crippen molar-refractivity contribution < 1.29 is 5.11 Å². The van der Waals surface area contributed by atoms with Crippen LogP contribution >= 0.6 is 0 Å². The molecule has 0 saturated carbocycles. The standard InChI is InChI=1S/C18H29NO/c1-3-8-16-9-7-13-19(14-12-16)15-18(2,20)17-10-5-4-6-11-17/h4-6,10-11,16,20H,3,7-9,12-15H2,1-2H3. The molecule has 2 rings (SSSR count). The molecule has 2 nitrogen and oxygen atoms in total. The molecule has 0 bridgehead atoms. The van der Waals surface area contributed by atoms with Crippen LogP contribution in [0.2, 0.25) is 0 Å². The van der Waals surface area contributed by atoms with Gasteiger partial charge in [0.25, 0.3) is 0 Å². The average molecular weight is 275 g/mol. The Kier molecular flexibility index (Phi) is 5.62. The van der Waals surface area contributed by atoms with Crippen molar-refractivity contribution in [3.8, 4) is 0 Å². The third kappa shape index (κ3) is 4.32. The maximum atomic E-state index is 10.8. The number of likely N-dealkylation sites (tertiary alicyclic amines) is 1. The molecular formula is C18H29NO. The molecule has 1 aliphatic rings. The van der Waals surface area contributed by atoms with Crippen molar-refractivity contribution in [1.29, 1.82) is 0 Å². The summed E-state index contributed by atoms with van der Waals surface area (Å²) in [6.07, 6.45) is 6.58. The van der Waals surface area contributed by atoms with E-state index in [9.17, 15) is 5.11 Å². The summed E-state index contributed by atoms with van der Waals surface area (Å²) in [5, 5.41) is 10.8. The molecule has 2 unspecified atom stereocenters. The first-order valence-corrected chi connectivity index (χ1v) is 8.12. The minimum atomic E-state index is -0.744. The highest BCUT2D eigenvalue weighted by Crippen LogP contribution is 2.26. The molecule has 0 radical (unpaired) electrons. The van der Waals surface area contributed by atoms with Gasteiger partial charge in [-0.15, -0.1) is 0 Å². The van der Waals surface area contributed by atoms with Gasteiger partial charge < -0.3 is 10.0 Å². The summed E-state index contributed by atoms with van der Waals surface area (Å²) in [6, 6.07) is 10.1. The molecule has 0 spiro atoms. The molecule has 1 aromatic carbocycles. The molecule has 1 fully saturated rings. The maximum absolute atomic E-state index is 10.8. The summed E-state index contributed by atoms with van der Waals surface area (Å²) in [5.41, 5.74) is 0.278. The second-order valence-electron chi connectivity index (χ2n) is 6.50. The van der Waals surface area contributed by atoms with Crippen molar-refractivity contribution in [1.82, 2.24) is 4.90 Å². The monoisotopic (exact) mass is 275 g/mol. The summed E-state index contributed by atoms with van der Waals surface area (Å²) in [5.74, 6) is 0.895. The van der Waals surface area contributed by atoms with Crippen LogP contribution < -0.4 is 0 Å². The number of aliphatic hydroxyl groups is 1. The van der Waals surface area contributed by atoms with E-state index >= 15 is 0 Å². The van der Waals surface area contributed by atoms with Gasteiger partial charge in [0.1, 0.15) is 0 Å². The van der Waals surface area contributed by atoms with E-state index in [1.165, 1.54) is 32.1 Å². The lowest BCUT2D eigenvalue weighted by molar-refractivity contribution is 0.0165. The predicted molar refractivity (Wildman–Crippen MR) is 84.7 cm³/mol. The molecule has 2 heteroatoms. The van der Waals surface area contributed by atoms with Gasteiger partial charge in [0.05, 0.1) is 5.60 Å². The molecule has 2 atom stereocenters. The molecule has 20 heavy (non-hydrogen) atoms. The van der Waals surface area contributed by atoms with Gasteiger partial charge in [-0.3, -0.25) is 0 Å². The molecule has 0 amide bonds. The van der Waals surface area contributed by atoms with Crippen LogP contribution in [0.25, 0.3) is 0 Å². The van der Waals surface area contributed by atoms with Crippen LogP contribution in [0, 0.1) is 5.92 Å². The van der Waals surface area contributed by atoms with E-state index in [4.69, 9.17) is 0 Å². The van der Waals surface area contributed by atoms with Crippen molar-refractivity contribution in [3.63, 3.8) is 0 Å². The van der Waals surface area contributed by atoms with Crippen LogP contribution in [0.1, 0.15) is 51.5 Å². The summed E-state index contributed by atoms with van der Waals surface area (Å²) in [7, 11) is 0. The molecule has 1 aromatic rings. The summed E-state index contributed by atoms with van der Waals surface area (Å²) < 4.78 is 0. The molecular weight excluding hydrogens is 246 g/mol. The molecule has 1 heterocycles. The molecule has 1 N–H and O–H groups in total. The fraction of sp³-hybridized carbons (Fsp3) is 0.667. The Morgan fingerprint density at radius 2 is 1.95 bits per heavy atom. The number of hydrogen-bond donors (Lipinski definition) is 1. The number of rotatable bonds is 5. The lowest BCUT2D eigenvalue weighted by Crippen LogP contribution is -2.39. The predicted octanol–water partition coefficient (Wildman–Crippen LogP) is 3.80. The van der Waals surface area contributed by atoms with E-state index in [1.54, 1.807) is 0 Å². The number of nitrogens with zero attached hydrogens (tertiary/aromatic N) is 1. The minimum absolute atomic E-state index is 0.744. The second-order valence-corrected chi connectivity index (χ2v) is 6.50. The molecule has 112 valence electrons. The fourth-order valence-electron chi connectivity index (χ4n) is 3.40. The zero-order valence-electron chi connectivity index (χ0n) is 13.0. The maximum Gasteiger partial charge on any atom is 0.0994 e. The van der Waals surface area contributed by atoms with Gasteiger partial charge in [-0.05, 0) is 50.8 Å².